The molecule has 1 fully saturated rings. The van der Waals surface area contributed by atoms with Crippen LogP contribution in [0, 0.1) is 5.92 Å². The van der Waals surface area contributed by atoms with E-state index in [-0.39, 0.29) is 6.09 Å². The maximum absolute atomic E-state index is 11.2. The molecular formula is C11H21NO3. The predicted molar refractivity (Wildman–Crippen MR) is 57.8 cm³/mol. The van der Waals surface area contributed by atoms with Crippen molar-refractivity contribution in [2.24, 2.45) is 5.92 Å². The van der Waals surface area contributed by atoms with Crippen LogP contribution in [0.25, 0.3) is 0 Å². The number of nitrogens with one attached hydrogen (secondary N) is 1. The van der Waals surface area contributed by atoms with Gasteiger partial charge in [-0.05, 0) is 39.5 Å². The smallest absolute Gasteiger partial charge is 0.407 e. The fourth-order valence-corrected chi connectivity index (χ4v) is 1.07. The highest BCUT2D eigenvalue weighted by molar-refractivity contribution is 5.67. The molecule has 0 unspecified atom stereocenters. The first-order chi connectivity index (χ1) is 6.97. The minimum absolute atomic E-state index is 0.377. The second-order valence-corrected chi connectivity index (χ2v) is 4.95. The van der Waals surface area contributed by atoms with Crippen molar-refractivity contribution in [1.29, 1.82) is 0 Å². The lowest BCUT2D eigenvalue weighted by Crippen LogP contribution is -2.34. The second kappa shape index (κ2) is 5.35. The Bertz CT molecular complexity index is 206. The average molecular weight is 215 g/mol. The van der Waals surface area contributed by atoms with Crippen LogP contribution >= 0.6 is 0 Å². The van der Waals surface area contributed by atoms with Gasteiger partial charge in [0.25, 0.3) is 0 Å². The summed E-state index contributed by atoms with van der Waals surface area (Å²) < 4.78 is 10.4. The summed E-state index contributed by atoms with van der Waals surface area (Å²) in [5.74, 6) is 0.770. The topological polar surface area (TPSA) is 47.6 Å². The Kier molecular flexibility index (Phi) is 4.39. The lowest BCUT2D eigenvalue weighted by molar-refractivity contribution is 0.0496. The third-order valence-electron chi connectivity index (χ3n) is 1.97. The first-order valence-electron chi connectivity index (χ1n) is 5.52. The van der Waals surface area contributed by atoms with E-state index in [1.165, 1.54) is 12.8 Å². The van der Waals surface area contributed by atoms with Gasteiger partial charge in [0.15, 0.2) is 0 Å². The number of carbonyl (C=O) groups is 1. The van der Waals surface area contributed by atoms with Crippen molar-refractivity contribution in [3.8, 4) is 0 Å². The van der Waals surface area contributed by atoms with E-state index in [2.05, 4.69) is 5.32 Å². The summed E-state index contributed by atoms with van der Waals surface area (Å²) in [5.41, 5.74) is -0.432. The summed E-state index contributed by atoms with van der Waals surface area (Å²) in [6.45, 7) is 7.44. The summed E-state index contributed by atoms with van der Waals surface area (Å²) in [6.07, 6.45) is 2.21. The van der Waals surface area contributed by atoms with Gasteiger partial charge in [0.2, 0.25) is 0 Å². The number of hydrogen-bond donors (Lipinski definition) is 1. The Balaban J connectivity index is 1.91. The van der Waals surface area contributed by atoms with Gasteiger partial charge in [-0.25, -0.2) is 4.79 Å². The Labute approximate surface area is 91.3 Å². The molecular weight excluding hydrogens is 194 g/mol. The molecule has 1 amide bonds. The highest BCUT2D eigenvalue weighted by Crippen LogP contribution is 2.28. The van der Waals surface area contributed by atoms with Crippen LogP contribution in [0.1, 0.15) is 33.6 Å². The molecule has 0 aromatic heterocycles. The molecule has 15 heavy (non-hydrogen) atoms. The van der Waals surface area contributed by atoms with E-state index in [1.807, 2.05) is 20.8 Å². The van der Waals surface area contributed by atoms with Gasteiger partial charge in [-0.3, -0.25) is 0 Å². The standard InChI is InChI=1S/C11H21NO3/c1-11(2,3)15-10(13)12-6-7-14-8-9-4-5-9/h9H,4-8H2,1-3H3,(H,12,13). The molecule has 4 heteroatoms. The van der Waals surface area contributed by atoms with Crippen LogP contribution in [0.4, 0.5) is 4.79 Å². The van der Waals surface area contributed by atoms with Crippen LogP contribution in [0.3, 0.4) is 0 Å². The third-order valence-corrected chi connectivity index (χ3v) is 1.97. The minimum atomic E-state index is -0.432. The van der Waals surface area contributed by atoms with Crippen molar-refractivity contribution in [3.63, 3.8) is 0 Å². The highest BCUT2D eigenvalue weighted by Gasteiger charge is 2.21. The molecule has 0 bridgehead atoms. The zero-order chi connectivity index (χ0) is 11.3. The van der Waals surface area contributed by atoms with Crippen LogP contribution in [0.15, 0.2) is 0 Å². The molecule has 4 nitrogen and oxygen atoms in total. The number of ether oxygens (including phenoxy) is 2. The van der Waals surface area contributed by atoms with Gasteiger partial charge in [-0.1, -0.05) is 0 Å². The van der Waals surface area contributed by atoms with Crippen molar-refractivity contribution < 1.29 is 14.3 Å². The van der Waals surface area contributed by atoms with E-state index in [9.17, 15) is 4.79 Å². The van der Waals surface area contributed by atoms with Crippen molar-refractivity contribution in [2.45, 2.75) is 39.2 Å². The monoisotopic (exact) mass is 215 g/mol. The SMILES string of the molecule is CC(C)(C)OC(=O)NCCOCC1CC1. The highest BCUT2D eigenvalue weighted by atomic mass is 16.6. The van der Waals surface area contributed by atoms with Crippen LogP contribution < -0.4 is 5.32 Å². The molecule has 0 radical (unpaired) electrons. The number of alkyl carbamates (subject to hydrolysis) is 1. The molecule has 0 aromatic carbocycles. The van der Waals surface area contributed by atoms with Crippen LogP contribution in [0.2, 0.25) is 0 Å². The quantitative estimate of drug-likeness (QED) is 0.713. The fraction of sp³-hybridized carbons (Fsp3) is 0.909. The molecule has 1 saturated carbocycles. The number of amides is 1. The number of hydrogen-bond acceptors (Lipinski definition) is 3. The van der Waals surface area contributed by atoms with E-state index in [0.29, 0.717) is 13.2 Å². The summed E-state index contributed by atoms with van der Waals surface area (Å²) in [6, 6.07) is 0. The van der Waals surface area contributed by atoms with Crippen LogP contribution in [-0.2, 0) is 9.47 Å². The Morgan fingerprint density at radius 3 is 2.60 bits per heavy atom. The molecule has 0 aromatic rings. The lowest BCUT2D eigenvalue weighted by Gasteiger charge is -2.19. The fourth-order valence-electron chi connectivity index (χ4n) is 1.07. The molecule has 1 aliphatic carbocycles. The molecule has 1 rings (SSSR count). The van der Waals surface area contributed by atoms with Gasteiger partial charge in [0.05, 0.1) is 6.61 Å². The first-order valence-corrected chi connectivity index (χ1v) is 5.52. The van der Waals surface area contributed by atoms with Crippen LogP contribution in [-0.4, -0.2) is 31.5 Å². The van der Waals surface area contributed by atoms with Crippen molar-refractivity contribution in [2.75, 3.05) is 19.8 Å². The Hall–Kier alpha value is -0.770. The first kappa shape index (κ1) is 12.3. The Morgan fingerprint density at radius 2 is 2.07 bits per heavy atom. The lowest BCUT2D eigenvalue weighted by atomic mass is 10.2. The maximum Gasteiger partial charge on any atom is 0.407 e. The molecule has 0 heterocycles. The average Bonchev–Trinajstić information content (AvgIpc) is 2.83. The van der Waals surface area contributed by atoms with Gasteiger partial charge in [-0.2, -0.15) is 0 Å². The molecule has 0 atom stereocenters. The summed E-state index contributed by atoms with van der Waals surface area (Å²) >= 11 is 0. The third kappa shape index (κ3) is 7.19. The number of rotatable bonds is 5. The van der Waals surface area contributed by atoms with Gasteiger partial charge < -0.3 is 14.8 Å². The van der Waals surface area contributed by atoms with Crippen molar-refractivity contribution in [3.05, 3.63) is 0 Å². The van der Waals surface area contributed by atoms with E-state index in [4.69, 9.17) is 9.47 Å². The van der Waals surface area contributed by atoms with Gasteiger partial charge in [-0.15, -0.1) is 0 Å². The maximum atomic E-state index is 11.2. The van der Waals surface area contributed by atoms with Gasteiger partial charge >= 0.3 is 6.09 Å². The summed E-state index contributed by atoms with van der Waals surface area (Å²) in [5, 5.41) is 2.65. The van der Waals surface area contributed by atoms with E-state index in [1.54, 1.807) is 0 Å². The normalized spacial score (nSPS) is 16.2. The van der Waals surface area contributed by atoms with Gasteiger partial charge in [0, 0.05) is 13.2 Å². The van der Waals surface area contributed by atoms with E-state index < -0.39 is 5.60 Å². The van der Waals surface area contributed by atoms with Crippen molar-refractivity contribution in [1.82, 2.24) is 5.32 Å². The Morgan fingerprint density at radius 1 is 1.40 bits per heavy atom. The molecule has 0 spiro atoms. The van der Waals surface area contributed by atoms with E-state index in [0.717, 1.165) is 12.5 Å². The molecule has 1 aliphatic rings. The zero-order valence-electron chi connectivity index (χ0n) is 9.84. The van der Waals surface area contributed by atoms with E-state index >= 15 is 0 Å². The summed E-state index contributed by atoms with van der Waals surface area (Å²) in [7, 11) is 0. The zero-order valence-corrected chi connectivity index (χ0v) is 9.84. The molecule has 0 saturated heterocycles. The molecule has 0 aliphatic heterocycles. The van der Waals surface area contributed by atoms with Crippen LogP contribution in [0.5, 0.6) is 0 Å². The van der Waals surface area contributed by atoms with Crippen molar-refractivity contribution >= 4 is 6.09 Å². The largest absolute Gasteiger partial charge is 0.444 e. The number of carbonyl (C=O) groups excluding carboxylic acids is 1. The van der Waals surface area contributed by atoms with Gasteiger partial charge in [0.1, 0.15) is 5.60 Å². The summed E-state index contributed by atoms with van der Waals surface area (Å²) in [4.78, 5) is 11.2. The molecule has 1 N–H and O–H groups in total. The predicted octanol–water partition coefficient (Wildman–Crippen LogP) is 1.94. The second-order valence-electron chi connectivity index (χ2n) is 4.95. The minimum Gasteiger partial charge on any atom is -0.444 e. The molecule has 88 valence electrons.